The van der Waals surface area contributed by atoms with E-state index in [-0.39, 0.29) is 18.8 Å². The van der Waals surface area contributed by atoms with Gasteiger partial charge in [0.15, 0.2) is 0 Å². The first-order valence-electron chi connectivity index (χ1n) is 9.58. The third-order valence-electron chi connectivity index (χ3n) is 5.43. The summed E-state index contributed by atoms with van der Waals surface area (Å²) in [5.74, 6) is -0.926. The minimum absolute atomic E-state index is 0.000300. The molecule has 2 N–H and O–H groups in total. The molecule has 0 spiro atoms. The lowest BCUT2D eigenvalue weighted by Crippen LogP contribution is -2.44. The van der Waals surface area contributed by atoms with Gasteiger partial charge in [-0.25, -0.2) is 9.59 Å². The second-order valence-corrected chi connectivity index (χ2v) is 7.75. The zero-order chi connectivity index (χ0) is 21.5. The Morgan fingerprint density at radius 2 is 1.66 bits per heavy atom. The molecule has 2 heterocycles. The summed E-state index contributed by atoms with van der Waals surface area (Å²) in [6.45, 7) is 9.13. The van der Waals surface area contributed by atoms with Gasteiger partial charge in [-0.3, -0.25) is 4.79 Å². The fraction of sp³-hybridized carbons (Fsp3) is 0.409. The van der Waals surface area contributed by atoms with Crippen LogP contribution in [-0.4, -0.2) is 23.0 Å². The van der Waals surface area contributed by atoms with Crippen molar-refractivity contribution < 1.29 is 23.5 Å². The van der Waals surface area contributed by atoms with Crippen LogP contribution in [0.15, 0.2) is 25.8 Å². The maximum atomic E-state index is 12.5. The maximum Gasteiger partial charge on any atom is 0.339 e. The number of benzene rings is 1. The van der Waals surface area contributed by atoms with E-state index in [1.165, 1.54) is 0 Å². The van der Waals surface area contributed by atoms with Gasteiger partial charge in [-0.2, -0.15) is 0 Å². The van der Waals surface area contributed by atoms with Gasteiger partial charge in [0.2, 0.25) is 5.91 Å². The first-order chi connectivity index (χ1) is 13.6. The van der Waals surface area contributed by atoms with Crippen molar-refractivity contribution in [2.75, 3.05) is 0 Å². The van der Waals surface area contributed by atoms with Crippen LogP contribution < -0.4 is 10.9 Å². The molecule has 0 aliphatic carbocycles. The van der Waals surface area contributed by atoms with E-state index >= 15 is 0 Å². The fourth-order valence-electron chi connectivity index (χ4n) is 3.51. The van der Waals surface area contributed by atoms with E-state index in [2.05, 4.69) is 5.32 Å². The van der Waals surface area contributed by atoms with E-state index in [0.29, 0.717) is 16.7 Å². The minimum atomic E-state index is -1.08. The van der Waals surface area contributed by atoms with Crippen molar-refractivity contribution >= 4 is 33.8 Å². The Balaban J connectivity index is 1.90. The van der Waals surface area contributed by atoms with Crippen LogP contribution in [0.25, 0.3) is 21.9 Å². The van der Waals surface area contributed by atoms with E-state index in [9.17, 15) is 19.5 Å². The normalized spacial score (nSPS) is 12.6. The number of rotatable bonds is 6. The van der Waals surface area contributed by atoms with Gasteiger partial charge in [-0.05, 0) is 50.3 Å². The SMILES string of the molecule is Cc1oc2cc3oc(=O)c(CCC(=O)N[C@@H](C(=O)O)C(C)C)c(C)c3cc2c1C. The van der Waals surface area contributed by atoms with Crippen molar-refractivity contribution in [3.63, 3.8) is 0 Å². The van der Waals surface area contributed by atoms with E-state index in [1.807, 2.05) is 26.8 Å². The summed E-state index contributed by atoms with van der Waals surface area (Å²) in [7, 11) is 0. The molecule has 1 atom stereocenters. The quantitative estimate of drug-likeness (QED) is 0.613. The van der Waals surface area contributed by atoms with Gasteiger partial charge in [0, 0.05) is 28.8 Å². The van der Waals surface area contributed by atoms with E-state index in [4.69, 9.17) is 8.83 Å². The van der Waals surface area contributed by atoms with Gasteiger partial charge in [0.05, 0.1) is 0 Å². The molecule has 29 heavy (non-hydrogen) atoms. The highest BCUT2D eigenvalue weighted by atomic mass is 16.4. The molecule has 3 rings (SSSR count). The monoisotopic (exact) mass is 399 g/mol. The summed E-state index contributed by atoms with van der Waals surface area (Å²) < 4.78 is 11.2. The number of amides is 1. The lowest BCUT2D eigenvalue weighted by Gasteiger charge is -2.17. The highest BCUT2D eigenvalue weighted by Gasteiger charge is 2.23. The molecule has 3 aromatic rings. The van der Waals surface area contributed by atoms with Crippen LogP contribution in [0, 0.1) is 26.7 Å². The molecule has 2 aromatic heterocycles. The lowest BCUT2D eigenvalue weighted by molar-refractivity contribution is -0.143. The summed E-state index contributed by atoms with van der Waals surface area (Å²) in [6.07, 6.45) is 0.168. The summed E-state index contributed by atoms with van der Waals surface area (Å²) in [5.41, 5.74) is 2.80. The molecular weight excluding hydrogens is 374 g/mol. The Morgan fingerprint density at radius 3 is 2.28 bits per heavy atom. The first kappa shape index (κ1) is 20.6. The number of hydrogen-bond acceptors (Lipinski definition) is 5. The Labute approximate surface area is 167 Å². The number of hydrogen-bond donors (Lipinski definition) is 2. The van der Waals surface area contributed by atoms with Gasteiger partial charge in [-0.1, -0.05) is 13.8 Å². The van der Waals surface area contributed by atoms with E-state index in [0.717, 1.165) is 27.7 Å². The molecule has 0 aliphatic rings. The van der Waals surface area contributed by atoms with Gasteiger partial charge < -0.3 is 19.3 Å². The van der Waals surface area contributed by atoms with Gasteiger partial charge in [0.25, 0.3) is 0 Å². The number of carbonyl (C=O) groups is 2. The highest BCUT2D eigenvalue weighted by molar-refractivity contribution is 5.96. The second-order valence-electron chi connectivity index (χ2n) is 7.75. The highest BCUT2D eigenvalue weighted by Crippen LogP contribution is 2.31. The average Bonchev–Trinajstić information content (AvgIpc) is 2.91. The molecule has 154 valence electrons. The third kappa shape index (κ3) is 3.90. The van der Waals surface area contributed by atoms with Crippen LogP contribution in [0.1, 0.15) is 42.7 Å². The van der Waals surface area contributed by atoms with Gasteiger partial charge >= 0.3 is 11.6 Å². The van der Waals surface area contributed by atoms with Crippen LogP contribution in [0.4, 0.5) is 0 Å². The molecule has 0 aliphatic heterocycles. The summed E-state index contributed by atoms with van der Waals surface area (Å²) in [4.78, 5) is 36.0. The Kier molecular flexibility index (Phi) is 5.50. The number of fused-ring (bicyclic) bond motifs is 2. The fourth-order valence-corrected chi connectivity index (χ4v) is 3.51. The number of carboxylic acids is 1. The second kappa shape index (κ2) is 7.73. The predicted octanol–water partition coefficient (Wildman–Crippen LogP) is 3.62. The van der Waals surface area contributed by atoms with Crippen LogP contribution in [0.2, 0.25) is 0 Å². The zero-order valence-corrected chi connectivity index (χ0v) is 17.2. The molecule has 0 fully saturated rings. The van der Waals surface area contributed by atoms with Crippen molar-refractivity contribution in [3.8, 4) is 0 Å². The molecular formula is C22H25NO6. The topological polar surface area (TPSA) is 110 Å². The predicted molar refractivity (Wildman–Crippen MR) is 109 cm³/mol. The third-order valence-corrected chi connectivity index (χ3v) is 5.43. The molecule has 0 saturated carbocycles. The zero-order valence-electron chi connectivity index (χ0n) is 17.2. The smallest absolute Gasteiger partial charge is 0.339 e. The van der Waals surface area contributed by atoms with Crippen molar-refractivity contribution in [2.45, 2.75) is 53.5 Å². The van der Waals surface area contributed by atoms with Crippen molar-refractivity contribution in [3.05, 3.63) is 45.0 Å². The number of aliphatic carboxylic acids is 1. The number of carboxylic acid groups (broad SMARTS) is 1. The number of carbonyl (C=O) groups excluding carboxylic acids is 1. The Hall–Kier alpha value is -3.09. The summed E-state index contributed by atoms with van der Waals surface area (Å²) in [6, 6.07) is 2.70. The molecule has 7 nitrogen and oxygen atoms in total. The lowest BCUT2D eigenvalue weighted by atomic mass is 10.00. The molecule has 1 amide bonds. The molecule has 7 heteroatoms. The van der Waals surface area contributed by atoms with Crippen molar-refractivity contribution in [2.24, 2.45) is 5.92 Å². The standard InChI is InChI=1S/C22H25NO6/c1-10(2)20(21(25)26)23-19(24)7-6-14-12(4)16-8-15-11(3)13(5)28-17(15)9-18(16)29-22(14)27/h8-10,20H,6-7H2,1-5H3,(H,23,24)(H,25,26)/t20-/m1/s1. The number of furan rings is 1. The maximum absolute atomic E-state index is 12.5. The van der Waals surface area contributed by atoms with Crippen molar-refractivity contribution in [1.82, 2.24) is 5.32 Å². The van der Waals surface area contributed by atoms with Crippen LogP contribution >= 0.6 is 0 Å². The first-order valence-corrected chi connectivity index (χ1v) is 9.58. The number of aryl methyl sites for hydroxylation is 3. The molecule has 1 aromatic carbocycles. The largest absolute Gasteiger partial charge is 0.480 e. The molecule has 0 radical (unpaired) electrons. The Bertz CT molecular complexity index is 1170. The molecule has 0 unspecified atom stereocenters. The average molecular weight is 399 g/mol. The van der Waals surface area contributed by atoms with Crippen LogP contribution in [0.5, 0.6) is 0 Å². The number of nitrogens with one attached hydrogen (secondary N) is 1. The van der Waals surface area contributed by atoms with Gasteiger partial charge in [-0.15, -0.1) is 0 Å². The van der Waals surface area contributed by atoms with Crippen LogP contribution in [0.3, 0.4) is 0 Å². The summed E-state index contributed by atoms with van der Waals surface area (Å²) in [5, 5.41) is 13.5. The van der Waals surface area contributed by atoms with E-state index in [1.54, 1.807) is 19.9 Å². The molecule has 0 saturated heterocycles. The summed E-state index contributed by atoms with van der Waals surface area (Å²) >= 11 is 0. The van der Waals surface area contributed by atoms with Crippen LogP contribution in [-0.2, 0) is 16.0 Å². The van der Waals surface area contributed by atoms with E-state index < -0.39 is 23.5 Å². The van der Waals surface area contributed by atoms with Gasteiger partial charge in [0.1, 0.15) is 23.0 Å². The minimum Gasteiger partial charge on any atom is -0.480 e. The molecule has 0 bridgehead atoms. The Morgan fingerprint density at radius 1 is 1.03 bits per heavy atom. The van der Waals surface area contributed by atoms with Crippen molar-refractivity contribution in [1.29, 1.82) is 0 Å².